The largest absolute Gasteiger partial charge is 0.377 e. The van der Waals surface area contributed by atoms with Crippen molar-refractivity contribution < 1.29 is 9.53 Å². The summed E-state index contributed by atoms with van der Waals surface area (Å²) in [5, 5.41) is 0. The van der Waals surface area contributed by atoms with E-state index in [1.807, 2.05) is 6.08 Å². The van der Waals surface area contributed by atoms with Crippen LogP contribution in [0.2, 0.25) is 0 Å². The Morgan fingerprint density at radius 3 is 2.50 bits per heavy atom. The lowest BCUT2D eigenvalue weighted by atomic mass is 10.0. The molecule has 0 aromatic rings. The van der Waals surface area contributed by atoms with Crippen molar-refractivity contribution in [3.63, 3.8) is 0 Å². The van der Waals surface area contributed by atoms with E-state index in [4.69, 9.17) is 4.74 Å². The Morgan fingerprint density at radius 1 is 1.17 bits per heavy atom. The molecule has 0 aromatic heterocycles. The molecule has 0 N–H and O–H groups in total. The molecule has 1 atom stereocenters. The summed E-state index contributed by atoms with van der Waals surface area (Å²) in [5.74, 6) is 0. The molecule has 2 heteroatoms. The zero-order chi connectivity index (χ0) is 13.4. The van der Waals surface area contributed by atoms with Crippen molar-refractivity contribution in [2.24, 2.45) is 0 Å². The minimum absolute atomic E-state index is 0.0194. The average molecular weight is 248 g/mol. The maximum atomic E-state index is 11.0. The van der Waals surface area contributed by atoms with Gasteiger partial charge in [-0.2, -0.15) is 0 Å². The van der Waals surface area contributed by atoms with E-state index >= 15 is 0 Å². The molecule has 0 fully saturated rings. The molecule has 0 heterocycles. The molecule has 1 aliphatic carbocycles. The maximum Gasteiger partial charge on any atom is 0.145 e. The van der Waals surface area contributed by atoms with Crippen LogP contribution in [0.4, 0.5) is 0 Å². The van der Waals surface area contributed by atoms with Gasteiger partial charge in [0.2, 0.25) is 0 Å². The molecule has 2 nitrogen and oxygen atoms in total. The van der Waals surface area contributed by atoms with Crippen LogP contribution in [0, 0.1) is 0 Å². The molecule has 0 radical (unpaired) electrons. The van der Waals surface area contributed by atoms with Crippen LogP contribution in [0.15, 0.2) is 34.9 Å². The number of ether oxygens (including phenoxy) is 1. The second-order valence-electron chi connectivity index (χ2n) is 5.02. The van der Waals surface area contributed by atoms with Crippen molar-refractivity contribution in [3.8, 4) is 0 Å². The molecule has 18 heavy (non-hydrogen) atoms. The molecular weight excluding hydrogens is 224 g/mol. The molecule has 0 saturated carbocycles. The molecule has 0 aromatic carbocycles. The van der Waals surface area contributed by atoms with Gasteiger partial charge in [-0.3, -0.25) is 4.79 Å². The van der Waals surface area contributed by atoms with E-state index in [-0.39, 0.29) is 6.10 Å². The average Bonchev–Trinajstić information content (AvgIpc) is 2.34. The molecule has 0 amide bonds. The van der Waals surface area contributed by atoms with Crippen molar-refractivity contribution in [1.82, 2.24) is 0 Å². The van der Waals surface area contributed by atoms with Crippen LogP contribution in [-0.2, 0) is 9.53 Å². The topological polar surface area (TPSA) is 26.3 Å². The first kappa shape index (κ1) is 14.9. The summed E-state index contributed by atoms with van der Waals surface area (Å²) in [4.78, 5) is 11.0. The molecule has 100 valence electrons. The molecule has 0 bridgehead atoms. The minimum Gasteiger partial charge on any atom is -0.377 e. The van der Waals surface area contributed by atoms with Gasteiger partial charge in [-0.25, -0.2) is 0 Å². The van der Waals surface area contributed by atoms with Crippen LogP contribution < -0.4 is 0 Å². The number of methoxy groups -OCH3 is 1. The number of carbonyl (C=O) groups is 1. The standard InChI is InChI=1S/C16H24O2/c1-13-6-4-8-14(2)10-16(18-3)11-15(12-17)9-5-7-13/h7-8,11-12,16H,4-6,9-10H2,1-3H3/b13-7+,14-8+,15-11-. The lowest BCUT2D eigenvalue weighted by molar-refractivity contribution is -0.105. The third kappa shape index (κ3) is 5.46. The van der Waals surface area contributed by atoms with Crippen molar-refractivity contribution in [2.75, 3.05) is 7.11 Å². The highest BCUT2D eigenvalue weighted by Gasteiger charge is 2.07. The van der Waals surface area contributed by atoms with Gasteiger partial charge in [0, 0.05) is 7.11 Å². The van der Waals surface area contributed by atoms with E-state index in [0.717, 1.165) is 44.0 Å². The van der Waals surface area contributed by atoms with Crippen LogP contribution in [-0.4, -0.2) is 19.5 Å². The predicted octanol–water partition coefficient (Wildman–Crippen LogP) is 3.98. The second-order valence-corrected chi connectivity index (χ2v) is 5.02. The lowest BCUT2D eigenvalue weighted by Gasteiger charge is -2.13. The number of hydrogen-bond donors (Lipinski definition) is 0. The summed E-state index contributed by atoms with van der Waals surface area (Å²) in [6.45, 7) is 4.29. The number of rotatable bonds is 2. The number of allylic oxidation sites excluding steroid dienone is 4. The Hall–Kier alpha value is -1.15. The monoisotopic (exact) mass is 248 g/mol. The Morgan fingerprint density at radius 2 is 1.83 bits per heavy atom. The summed E-state index contributed by atoms with van der Waals surface area (Å²) in [7, 11) is 1.70. The Bertz CT molecular complexity index is 361. The highest BCUT2D eigenvalue weighted by molar-refractivity contribution is 5.73. The van der Waals surface area contributed by atoms with Gasteiger partial charge in [0.1, 0.15) is 6.29 Å². The van der Waals surface area contributed by atoms with E-state index < -0.39 is 0 Å². The zero-order valence-electron chi connectivity index (χ0n) is 11.7. The SMILES string of the molecule is COC1/C=C(\C=O)CC/C=C(\C)CC/C=C(\C)C1. The van der Waals surface area contributed by atoms with Crippen LogP contribution in [0.5, 0.6) is 0 Å². The van der Waals surface area contributed by atoms with Gasteiger partial charge >= 0.3 is 0 Å². The number of hydrogen-bond acceptors (Lipinski definition) is 2. The van der Waals surface area contributed by atoms with E-state index in [1.54, 1.807) is 7.11 Å². The Kier molecular flexibility index (Phi) is 6.66. The maximum absolute atomic E-state index is 11.0. The fraction of sp³-hybridized carbons (Fsp3) is 0.562. The summed E-state index contributed by atoms with van der Waals surface area (Å²) in [5.41, 5.74) is 3.59. The van der Waals surface area contributed by atoms with Crippen molar-refractivity contribution in [2.45, 2.75) is 52.1 Å². The normalized spacial score (nSPS) is 31.7. The number of carbonyl (C=O) groups excluding carboxylic acids is 1. The van der Waals surface area contributed by atoms with Gasteiger partial charge in [-0.15, -0.1) is 0 Å². The van der Waals surface area contributed by atoms with Crippen LogP contribution in [0.1, 0.15) is 46.0 Å². The van der Waals surface area contributed by atoms with Crippen molar-refractivity contribution in [3.05, 3.63) is 34.9 Å². The van der Waals surface area contributed by atoms with E-state index in [0.29, 0.717) is 0 Å². The minimum atomic E-state index is 0.0194. The zero-order valence-corrected chi connectivity index (χ0v) is 11.7. The van der Waals surface area contributed by atoms with Gasteiger partial charge in [0.25, 0.3) is 0 Å². The van der Waals surface area contributed by atoms with Gasteiger partial charge in [0.15, 0.2) is 0 Å². The van der Waals surface area contributed by atoms with Crippen LogP contribution in [0.3, 0.4) is 0 Å². The molecule has 1 unspecified atom stereocenters. The first-order valence-corrected chi connectivity index (χ1v) is 6.65. The van der Waals surface area contributed by atoms with Crippen molar-refractivity contribution in [1.29, 1.82) is 0 Å². The fourth-order valence-corrected chi connectivity index (χ4v) is 2.16. The van der Waals surface area contributed by atoms with Crippen LogP contribution >= 0.6 is 0 Å². The smallest absolute Gasteiger partial charge is 0.145 e. The summed E-state index contributed by atoms with van der Waals surface area (Å²) < 4.78 is 5.43. The van der Waals surface area contributed by atoms with E-state index in [9.17, 15) is 4.79 Å². The lowest BCUT2D eigenvalue weighted by Crippen LogP contribution is -2.09. The molecule has 1 aliphatic rings. The molecular formula is C16H24O2. The Balaban J connectivity index is 2.87. The van der Waals surface area contributed by atoms with Gasteiger partial charge in [0.05, 0.1) is 6.10 Å². The highest BCUT2D eigenvalue weighted by Crippen LogP contribution is 2.17. The summed E-state index contributed by atoms with van der Waals surface area (Å²) >= 11 is 0. The van der Waals surface area contributed by atoms with Crippen molar-refractivity contribution >= 4 is 6.29 Å². The van der Waals surface area contributed by atoms with Gasteiger partial charge in [-0.1, -0.05) is 23.3 Å². The predicted molar refractivity (Wildman–Crippen MR) is 75.5 cm³/mol. The first-order valence-electron chi connectivity index (χ1n) is 6.65. The van der Waals surface area contributed by atoms with Gasteiger partial charge < -0.3 is 4.74 Å². The fourth-order valence-electron chi connectivity index (χ4n) is 2.16. The van der Waals surface area contributed by atoms with Gasteiger partial charge in [-0.05, 0) is 57.6 Å². The second kappa shape index (κ2) is 8.04. The molecule has 0 aliphatic heterocycles. The van der Waals surface area contributed by atoms with Crippen LogP contribution in [0.25, 0.3) is 0 Å². The first-order chi connectivity index (χ1) is 8.65. The van der Waals surface area contributed by atoms with E-state index in [2.05, 4.69) is 26.0 Å². The molecule has 0 spiro atoms. The quantitative estimate of drug-likeness (QED) is 0.545. The van der Waals surface area contributed by atoms with E-state index in [1.165, 1.54) is 11.1 Å². The molecule has 0 saturated heterocycles. The highest BCUT2D eigenvalue weighted by atomic mass is 16.5. The summed E-state index contributed by atoms with van der Waals surface area (Å²) in [6, 6.07) is 0. The Labute approximate surface area is 110 Å². The summed E-state index contributed by atoms with van der Waals surface area (Å²) in [6.07, 6.45) is 12.3. The third-order valence-corrected chi connectivity index (χ3v) is 3.33. The third-order valence-electron chi connectivity index (χ3n) is 3.33. The molecule has 1 rings (SSSR count). The number of aldehydes is 1.